The standard InChI is InChI=1S/C9H11F3N2O4S2/c1-2-13-19(15,16)8-5-3-4-7(6-8)14-20(17,18)9(10,11)12/h3-6,13-14H,2H2,1H3. The van der Waals surface area contributed by atoms with Gasteiger partial charge in [-0.2, -0.15) is 21.6 Å². The van der Waals surface area contributed by atoms with Gasteiger partial charge in [-0.1, -0.05) is 13.0 Å². The maximum atomic E-state index is 12.2. The molecule has 0 aliphatic rings. The highest BCUT2D eigenvalue weighted by Crippen LogP contribution is 2.26. The summed E-state index contributed by atoms with van der Waals surface area (Å²) < 4.78 is 85.1. The summed E-state index contributed by atoms with van der Waals surface area (Å²) in [6.07, 6.45) is 0. The molecular weight excluding hydrogens is 321 g/mol. The van der Waals surface area contributed by atoms with E-state index in [4.69, 9.17) is 0 Å². The van der Waals surface area contributed by atoms with Crippen LogP contribution in [0.15, 0.2) is 29.2 Å². The van der Waals surface area contributed by atoms with Gasteiger partial charge in [-0.05, 0) is 18.2 Å². The maximum absolute atomic E-state index is 12.2. The Balaban J connectivity index is 3.14. The Kier molecular flexibility index (Phi) is 4.66. The van der Waals surface area contributed by atoms with Crippen LogP contribution in [0.3, 0.4) is 0 Å². The molecule has 0 aliphatic carbocycles. The quantitative estimate of drug-likeness (QED) is 0.849. The smallest absolute Gasteiger partial charge is 0.276 e. The van der Waals surface area contributed by atoms with E-state index < -0.39 is 31.2 Å². The van der Waals surface area contributed by atoms with Gasteiger partial charge in [0.2, 0.25) is 10.0 Å². The molecule has 1 aromatic rings. The third kappa shape index (κ3) is 3.84. The normalized spacial score (nSPS) is 13.2. The Morgan fingerprint density at radius 3 is 2.25 bits per heavy atom. The molecular formula is C9H11F3N2O4S2. The van der Waals surface area contributed by atoms with Crippen molar-refractivity contribution >= 4 is 25.7 Å². The number of nitrogens with one attached hydrogen (secondary N) is 2. The van der Waals surface area contributed by atoms with E-state index in [1.807, 2.05) is 0 Å². The van der Waals surface area contributed by atoms with Gasteiger partial charge in [-0.3, -0.25) is 4.72 Å². The van der Waals surface area contributed by atoms with Crippen molar-refractivity contribution in [1.82, 2.24) is 4.72 Å². The molecule has 0 saturated heterocycles. The van der Waals surface area contributed by atoms with Crippen molar-refractivity contribution in [2.24, 2.45) is 0 Å². The van der Waals surface area contributed by atoms with Crippen molar-refractivity contribution in [3.05, 3.63) is 24.3 Å². The number of sulfonamides is 2. The van der Waals surface area contributed by atoms with Gasteiger partial charge < -0.3 is 0 Å². The first kappa shape index (κ1) is 16.7. The SMILES string of the molecule is CCNS(=O)(=O)c1cccc(NS(=O)(=O)C(F)(F)F)c1. The van der Waals surface area contributed by atoms with Crippen LogP contribution >= 0.6 is 0 Å². The minimum absolute atomic E-state index is 0.0842. The number of benzene rings is 1. The predicted octanol–water partition coefficient (Wildman–Crippen LogP) is 1.25. The average molecular weight is 332 g/mol. The van der Waals surface area contributed by atoms with Gasteiger partial charge in [-0.25, -0.2) is 13.1 Å². The van der Waals surface area contributed by atoms with E-state index in [1.165, 1.54) is 11.6 Å². The molecule has 114 valence electrons. The van der Waals surface area contributed by atoms with Crippen LogP contribution in [0.4, 0.5) is 18.9 Å². The molecule has 1 rings (SSSR count). The van der Waals surface area contributed by atoms with Crippen LogP contribution in [0, 0.1) is 0 Å². The Hall–Kier alpha value is -1.33. The summed E-state index contributed by atoms with van der Waals surface area (Å²) in [5.74, 6) is 0. The minimum Gasteiger partial charge on any atom is -0.276 e. The highest BCUT2D eigenvalue weighted by Gasteiger charge is 2.46. The summed E-state index contributed by atoms with van der Waals surface area (Å²) in [7, 11) is -9.48. The lowest BCUT2D eigenvalue weighted by atomic mass is 10.3. The summed E-state index contributed by atoms with van der Waals surface area (Å²) in [5.41, 5.74) is -5.98. The number of hydrogen-bond donors (Lipinski definition) is 2. The predicted molar refractivity (Wildman–Crippen MR) is 65.9 cm³/mol. The average Bonchev–Trinajstić information content (AvgIpc) is 2.27. The largest absolute Gasteiger partial charge is 0.516 e. The highest BCUT2D eigenvalue weighted by molar-refractivity contribution is 7.93. The van der Waals surface area contributed by atoms with E-state index in [0.717, 1.165) is 24.3 Å². The van der Waals surface area contributed by atoms with Crippen molar-refractivity contribution in [2.75, 3.05) is 11.3 Å². The first-order valence-corrected chi connectivity index (χ1v) is 8.15. The van der Waals surface area contributed by atoms with E-state index in [-0.39, 0.29) is 11.4 Å². The van der Waals surface area contributed by atoms with Crippen molar-refractivity contribution in [2.45, 2.75) is 17.3 Å². The second-order valence-corrected chi connectivity index (χ2v) is 7.02. The molecule has 0 atom stereocenters. The lowest BCUT2D eigenvalue weighted by molar-refractivity contribution is -0.0429. The lowest BCUT2D eigenvalue weighted by Gasteiger charge is -2.11. The number of halogens is 3. The zero-order chi connectivity index (χ0) is 15.6. The molecule has 11 heteroatoms. The summed E-state index contributed by atoms with van der Waals surface area (Å²) in [5, 5.41) is 0. The van der Waals surface area contributed by atoms with Gasteiger partial charge in [0, 0.05) is 6.54 Å². The molecule has 0 fully saturated rings. The van der Waals surface area contributed by atoms with E-state index in [2.05, 4.69) is 4.72 Å². The van der Waals surface area contributed by atoms with Gasteiger partial charge in [0.25, 0.3) is 0 Å². The Morgan fingerprint density at radius 1 is 1.15 bits per heavy atom. The summed E-state index contributed by atoms with van der Waals surface area (Å²) in [6.45, 7) is 1.61. The second-order valence-electron chi connectivity index (χ2n) is 3.58. The molecule has 0 radical (unpaired) electrons. The number of anilines is 1. The fourth-order valence-corrected chi connectivity index (χ4v) is 2.85. The molecule has 0 spiro atoms. The molecule has 0 aromatic heterocycles. The second kappa shape index (κ2) is 5.58. The van der Waals surface area contributed by atoms with Crippen molar-refractivity contribution in [1.29, 1.82) is 0 Å². The first-order chi connectivity index (χ1) is 8.99. The molecule has 1 aromatic carbocycles. The van der Waals surface area contributed by atoms with E-state index in [0.29, 0.717) is 0 Å². The summed E-state index contributed by atoms with van der Waals surface area (Å²) in [4.78, 5) is -0.346. The van der Waals surface area contributed by atoms with Crippen molar-refractivity contribution < 1.29 is 30.0 Å². The number of hydrogen-bond acceptors (Lipinski definition) is 4. The van der Waals surface area contributed by atoms with E-state index in [1.54, 1.807) is 0 Å². The van der Waals surface area contributed by atoms with Gasteiger partial charge in [0.1, 0.15) is 0 Å². The first-order valence-electron chi connectivity index (χ1n) is 5.18. The lowest BCUT2D eigenvalue weighted by Crippen LogP contribution is -2.30. The summed E-state index contributed by atoms with van der Waals surface area (Å²) >= 11 is 0. The van der Waals surface area contributed by atoms with E-state index in [9.17, 15) is 30.0 Å². The van der Waals surface area contributed by atoms with Crippen LogP contribution in [-0.2, 0) is 20.0 Å². The van der Waals surface area contributed by atoms with Crippen LogP contribution in [0.2, 0.25) is 0 Å². The third-order valence-corrected chi connectivity index (χ3v) is 4.69. The maximum Gasteiger partial charge on any atom is 0.516 e. The molecule has 0 saturated carbocycles. The third-order valence-electron chi connectivity index (χ3n) is 2.04. The van der Waals surface area contributed by atoms with Crippen LogP contribution in [-0.4, -0.2) is 28.9 Å². The molecule has 0 bridgehead atoms. The van der Waals surface area contributed by atoms with Crippen LogP contribution in [0.25, 0.3) is 0 Å². The van der Waals surface area contributed by atoms with Crippen LogP contribution in [0.1, 0.15) is 6.92 Å². The zero-order valence-electron chi connectivity index (χ0n) is 10.1. The number of alkyl halides is 3. The topological polar surface area (TPSA) is 92.3 Å². The zero-order valence-corrected chi connectivity index (χ0v) is 11.7. The minimum atomic E-state index is -5.59. The van der Waals surface area contributed by atoms with Gasteiger partial charge in [-0.15, -0.1) is 0 Å². The fourth-order valence-electron chi connectivity index (χ4n) is 1.21. The monoisotopic (exact) mass is 332 g/mol. The Morgan fingerprint density at radius 2 is 1.75 bits per heavy atom. The van der Waals surface area contributed by atoms with Gasteiger partial charge in [0.15, 0.2) is 0 Å². The van der Waals surface area contributed by atoms with E-state index >= 15 is 0 Å². The van der Waals surface area contributed by atoms with Crippen LogP contribution in [0.5, 0.6) is 0 Å². The highest BCUT2D eigenvalue weighted by atomic mass is 32.2. The fraction of sp³-hybridized carbons (Fsp3) is 0.333. The molecule has 0 aliphatic heterocycles. The van der Waals surface area contributed by atoms with Crippen molar-refractivity contribution in [3.63, 3.8) is 0 Å². The van der Waals surface area contributed by atoms with Crippen molar-refractivity contribution in [3.8, 4) is 0 Å². The Bertz CT molecular complexity index is 683. The molecule has 0 heterocycles. The summed E-state index contributed by atoms with van der Waals surface area (Å²) in [6, 6.07) is 4.05. The van der Waals surface area contributed by atoms with Crippen LogP contribution < -0.4 is 9.44 Å². The Labute approximate surface area is 114 Å². The molecule has 2 N–H and O–H groups in total. The number of rotatable bonds is 5. The van der Waals surface area contributed by atoms with Gasteiger partial charge >= 0.3 is 15.5 Å². The van der Waals surface area contributed by atoms with Gasteiger partial charge in [0.05, 0.1) is 10.6 Å². The molecule has 20 heavy (non-hydrogen) atoms. The molecule has 0 unspecified atom stereocenters. The molecule has 0 amide bonds. The molecule has 6 nitrogen and oxygen atoms in total.